The smallest absolute Gasteiger partial charge is 0.0994 e. The van der Waals surface area contributed by atoms with E-state index in [2.05, 4.69) is 58.1 Å². The van der Waals surface area contributed by atoms with Crippen LogP contribution in [0.1, 0.15) is 16.8 Å². The topological polar surface area (TPSA) is 43.8 Å². The van der Waals surface area contributed by atoms with Crippen molar-refractivity contribution in [1.29, 1.82) is 0 Å². The molecule has 0 fully saturated rings. The molecule has 1 aromatic heterocycles. The van der Waals surface area contributed by atoms with Crippen LogP contribution in [0, 0.1) is 0 Å². The molecule has 21 heavy (non-hydrogen) atoms. The van der Waals surface area contributed by atoms with E-state index in [0.717, 1.165) is 18.5 Å². The number of nitrogens with zero attached hydrogens (tertiary/aromatic N) is 2. The third-order valence-electron chi connectivity index (χ3n) is 3.60. The van der Waals surface area contributed by atoms with Gasteiger partial charge in [-0.25, -0.2) is 4.98 Å². The van der Waals surface area contributed by atoms with Crippen LogP contribution in [0.3, 0.4) is 0 Å². The quantitative estimate of drug-likeness (QED) is 0.779. The van der Waals surface area contributed by atoms with E-state index in [0.29, 0.717) is 6.54 Å². The zero-order valence-electron chi connectivity index (χ0n) is 11.9. The Morgan fingerprint density at radius 3 is 2.52 bits per heavy atom. The number of nitrogens with two attached hydrogens (primary N) is 1. The minimum absolute atomic E-state index is 0.631. The molecule has 106 valence electrons. The van der Waals surface area contributed by atoms with Crippen LogP contribution in [-0.4, -0.2) is 16.1 Å². The lowest BCUT2D eigenvalue weighted by atomic mass is 10.0. The highest BCUT2D eigenvalue weighted by molar-refractivity contribution is 5.44. The van der Waals surface area contributed by atoms with Crippen LogP contribution in [0.2, 0.25) is 0 Å². The molecule has 3 aromatic rings. The second-order valence-electron chi connectivity index (χ2n) is 5.08. The maximum Gasteiger partial charge on any atom is 0.0994 e. The first kappa shape index (κ1) is 13.6. The molecular formula is C18H19N3. The van der Waals surface area contributed by atoms with Gasteiger partial charge in [-0.1, -0.05) is 48.5 Å². The van der Waals surface area contributed by atoms with Gasteiger partial charge in [0.05, 0.1) is 12.0 Å². The molecule has 0 atom stereocenters. The summed E-state index contributed by atoms with van der Waals surface area (Å²) in [5, 5.41) is 0. The Bertz CT molecular complexity index is 701. The Morgan fingerprint density at radius 1 is 0.952 bits per heavy atom. The van der Waals surface area contributed by atoms with Crippen LogP contribution in [0.4, 0.5) is 0 Å². The molecule has 1 heterocycles. The number of hydrogen-bond acceptors (Lipinski definition) is 2. The third-order valence-corrected chi connectivity index (χ3v) is 3.60. The largest absolute Gasteiger partial charge is 0.330 e. The minimum atomic E-state index is 0.631. The van der Waals surface area contributed by atoms with E-state index in [-0.39, 0.29) is 0 Å². The summed E-state index contributed by atoms with van der Waals surface area (Å²) in [4.78, 5) is 4.27. The number of aromatic nitrogens is 2. The highest BCUT2D eigenvalue weighted by Crippen LogP contribution is 2.20. The van der Waals surface area contributed by atoms with Crippen LogP contribution < -0.4 is 5.73 Å². The molecule has 2 N–H and O–H groups in total. The summed E-state index contributed by atoms with van der Waals surface area (Å²) in [5.41, 5.74) is 10.6. The lowest BCUT2D eigenvalue weighted by Crippen LogP contribution is -2.08. The molecule has 0 saturated carbocycles. The van der Waals surface area contributed by atoms with Crippen LogP contribution >= 0.6 is 0 Å². The van der Waals surface area contributed by atoms with Crippen molar-refractivity contribution in [1.82, 2.24) is 9.55 Å². The average Bonchev–Trinajstić information content (AvgIpc) is 2.97. The molecule has 0 amide bonds. The van der Waals surface area contributed by atoms with Crippen molar-refractivity contribution in [3.63, 3.8) is 0 Å². The molecule has 0 radical (unpaired) electrons. The van der Waals surface area contributed by atoms with E-state index in [1.54, 1.807) is 0 Å². The first-order chi connectivity index (χ1) is 10.4. The van der Waals surface area contributed by atoms with Crippen LogP contribution in [-0.2, 0) is 12.8 Å². The number of hydrogen-bond donors (Lipinski definition) is 1. The standard InChI is InChI=1S/C18H19N3/c19-11-10-17-13-20-14-21(17)18-9-5-4-8-16(18)12-15-6-2-1-3-7-15/h1-9,13-14H,10-12,19H2. The molecule has 3 rings (SSSR count). The van der Waals surface area contributed by atoms with E-state index < -0.39 is 0 Å². The van der Waals surface area contributed by atoms with E-state index in [9.17, 15) is 0 Å². The Morgan fingerprint density at radius 2 is 1.71 bits per heavy atom. The average molecular weight is 277 g/mol. The van der Waals surface area contributed by atoms with Gasteiger partial charge in [-0.05, 0) is 30.2 Å². The summed E-state index contributed by atoms with van der Waals surface area (Å²) in [6.45, 7) is 0.631. The van der Waals surface area contributed by atoms with Gasteiger partial charge in [0.2, 0.25) is 0 Å². The van der Waals surface area contributed by atoms with Gasteiger partial charge in [0.15, 0.2) is 0 Å². The van der Waals surface area contributed by atoms with Gasteiger partial charge >= 0.3 is 0 Å². The Hall–Kier alpha value is -2.39. The van der Waals surface area contributed by atoms with Gasteiger partial charge in [-0.3, -0.25) is 0 Å². The van der Waals surface area contributed by atoms with Crippen molar-refractivity contribution < 1.29 is 0 Å². The summed E-state index contributed by atoms with van der Waals surface area (Å²) in [7, 11) is 0. The molecule has 3 nitrogen and oxygen atoms in total. The lowest BCUT2D eigenvalue weighted by Gasteiger charge is -2.13. The van der Waals surface area contributed by atoms with Crippen LogP contribution in [0.15, 0.2) is 67.1 Å². The fourth-order valence-electron chi connectivity index (χ4n) is 2.58. The summed E-state index contributed by atoms with van der Waals surface area (Å²) in [5.74, 6) is 0. The maximum atomic E-state index is 5.69. The third kappa shape index (κ3) is 3.03. The van der Waals surface area contributed by atoms with E-state index in [1.165, 1.54) is 16.8 Å². The Kier molecular flexibility index (Phi) is 4.12. The van der Waals surface area contributed by atoms with Gasteiger partial charge in [0.1, 0.15) is 0 Å². The van der Waals surface area contributed by atoms with Gasteiger partial charge in [-0.2, -0.15) is 0 Å². The molecular weight excluding hydrogens is 258 g/mol. The van der Waals surface area contributed by atoms with Gasteiger partial charge in [-0.15, -0.1) is 0 Å². The van der Waals surface area contributed by atoms with Crippen molar-refractivity contribution in [2.24, 2.45) is 5.73 Å². The predicted octanol–water partition coefficient (Wildman–Crippen LogP) is 2.96. The Balaban J connectivity index is 1.98. The van der Waals surface area contributed by atoms with Crippen LogP contribution in [0.25, 0.3) is 5.69 Å². The van der Waals surface area contributed by atoms with Crippen molar-refractivity contribution in [3.05, 3.63) is 83.9 Å². The molecule has 0 saturated heterocycles. The molecule has 3 heteroatoms. The first-order valence-electron chi connectivity index (χ1n) is 7.22. The fraction of sp³-hybridized carbons (Fsp3) is 0.167. The van der Waals surface area contributed by atoms with E-state index in [1.807, 2.05) is 18.6 Å². The summed E-state index contributed by atoms with van der Waals surface area (Å²) < 4.78 is 2.14. The first-order valence-corrected chi connectivity index (χ1v) is 7.22. The number of para-hydroxylation sites is 1. The predicted molar refractivity (Wildman–Crippen MR) is 85.6 cm³/mol. The zero-order chi connectivity index (χ0) is 14.5. The van der Waals surface area contributed by atoms with Crippen molar-refractivity contribution in [3.8, 4) is 5.69 Å². The number of imidazole rings is 1. The summed E-state index contributed by atoms with van der Waals surface area (Å²) in [6, 6.07) is 19.0. The molecule has 0 aliphatic carbocycles. The van der Waals surface area contributed by atoms with Gasteiger partial charge in [0, 0.05) is 18.3 Å². The Labute approximate surface area is 125 Å². The second-order valence-corrected chi connectivity index (χ2v) is 5.08. The highest BCUT2D eigenvalue weighted by Gasteiger charge is 2.08. The van der Waals surface area contributed by atoms with Crippen molar-refractivity contribution >= 4 is 0 Å². The molecule has 0 aliphatic heterocycles. The molecule has 0 unspecified atom stereocenters. The van der Waals surface area contributed by atoms with Crippen LogP contribution in [0.5, 0.6) is 0 Å². The van der Waals surface area contributed by atoms with E-state index in [4.69, 9.17) is 5.73 Å². The molecule has 0 spiro atoms. The molecule has 0 bridgehead atoms. The van der Waals surface area contributed by atoms with Gasteiger partial charge in [0.25, 0.3) is 0 Å². The van der Waals surface area contributed by atoms with Gasteiger partial charge < -0.3 is 10.3 Å². The zero-order valence-corrected chi connectivity index (χ0v) is 11.9. The van der Waals surface area contributed by atoms with Crippen molar-refractivity contribution in [2.75, 3.05) is 6.54 Å². The van der Waals surface area contributed by atoms with E-state index >= 15 is 0 Å². The normalized spacial score (nSPS) is 10.7. The number of benzene rings is 2. The molecule has 0 aliphatic rings. The summed E-state index contributed by atoms with van der Waals surface area (Å²) >= 11 is 0. The monoisotopic (exact) mass is 277 g/mol. The molecule has 2 aromatic carbocycles. The van der Waals surface area contributed by atoms with Crippen molar-refractivity contribution in [2.45, 2.75) is 12.8 Å². The fourth-order valence-corrected chi connectivity index (χ4v) is 2.58. The highest BCUT2D eigenvalue weighted by atomic mass is 15.1. The number of rotatable bonds is 5. The maximum absolute atomic E-state index is 5.69. The minimum Gasteiger partial charge on any atom is -0.330 e. The lowest BCUT2D eigenvalue weighted by molar-refractivity contribution is 0.866. The second kappa shape index (κ2) is 6.37. The SMILES string of the molecule is NCCc1cncn1-c1ccccc1Cc1ccccc1. The summed E-state index contributed by atoms with van der Waals surface area (Å²) in [6.07, 6.45) is 5.51.